The van der Waals surface area contributed by atoms with Crippen LogP contribution < -0.4 is 11.1 Å². The smallest absolute Gasteiger partial charge is 0.241 e. The highest BCUT2D eigenvalue weighted by atomic mass is 15.3. The van der Waals surface area contributed by atoms with Crippen LogP contribution in [0.25, 0.3) is 27.8 Å². The molecule has 0 spiro atoms. The second-order valence-electron chi connectivity index (χ2n) is 7.17. The van der Waals surface area contributed by atoms with E-state index in [1.807, 2.05) is 29.0 Å². The summed E-state index contributed by atoms with van der Waals surface area (Å²) in [7, 11) is 0. The minimum absolute atomic E-state index is 0.0750. The molecule has 0 saturated heterocycles. The summed E-state index contributed by atoms with van der Waals surface area (Å²) in [5, 5.41) is 7.90. The van der Waals surface area contributed by atoms with Crippen molar-refractivity contribution in [1.29, 1.82) is 0 Å². The van der Waals surface area contributed by atoms with Gasteiger partial charge in [0.15, 0.2) is 5.65 Å². The average molecular weight is 346 g/mol. The number of anilines is 1. The quantitative estimate of drug-likeness (QED) is 0.584. The second kappa shape index (κ2) is 5.43. The van der Waals surface area contributed by atoms with Crippen molar-refractivity contribution >= 4 is 22.6 Å². The molecular weight excluding hydrogens is 328 g/mol. The van der Waals surface area contributed by atoms with E-state index in [0.29, 0.717) is 17.6 Å². The number of rotatable bonds is 3. The molecule has 0 aromatic carbocycles. The predicted octanol–water partition coefficient (Wildman–Crippen LogP) is 2.03. The summed E-state index contributed by atoms with van der Waals surface area (Å²) in [5.74, 6) is 0.614. The molecule has 3 N–H and O–H groups in total. The Kier molecular flexibility index (Phi) is 3.17. The summed E-state index contributed by atoms with van der Waals surface area (Å²) in [6.07, 6.45) is 10.7. The highest BCUT2D eigenvalue weighted by Crippen LogP contribution is 2.31. The van der Waals surface area contributed by atoms with E-state index < -0.39 is 0 Å². The van der Waals surface area contributed by atoms with E-state index in [9.17, 15) is 0 Å². The van der Waals surface area contributed by atoms with Gasteiger partial charge in [-0.15, -0.1) is 5.10 Å². The molecule has 1 aliphatic carbocycles. The number of fused-ring (bicyclic) bond motifs is 2. The van der Waals surface area contributed by atoms with Crippen LogP contribution in [0.1, 0.15) is 19.8 Å². The van der Waals surface area contributed by atoms with E-state index >= 15 is 0 Å². The van der Waals surface area contributed by atoms with E-state index in [1.165, 1.54) is 0 Å². The van der Waals surface area contributed by atoms with Crippen molar-refractivity contribution in [3.63, 3.8) is 0 Å². The third-order valence-corrected chi connectivity index (χ3v) is 4.81. The molecule has 0 atom stereocenters. The Morgan fingerprint density at radius 3 is 2.85 bits per heavy atom. The molecule has 1 aliphatic rings. The van der Waals surface area contributed by atoms with Gasteiger partial charge in [-0.25, -0.2) is 19.5 Å². The molecule has 0 radical (unpaired) electrons. The van der Waals surface area contributed by atoms with Gasteiger partial charge in [0.1, 0.15) is 5.52 Å². The Labute approximate surface area is 149 Å². The molecule has 4 heterocycles. The molecule has 1 saturated carbocycles. The van der Waals surface area contributed by atoms with Gasteiger partial charge in [-0.2, -0.15) is 0 Å². The summed E-state index contributed by atoms with van der Waals surface area (Å²) in [6, 6.07) is 4.32. The van der Waals surface area contributed by atoms with Crippen LogP contribution >= 0.6 is 0 Å². The van der Waals surface area contributed by atoms with Gasteiger partial charge in [0.25, 0.3) is 0 Å². The number of nitrogens with two attached hydrogens (primary N) is 1. The Bertz CT molecular complexity index is 1110. The largest absolute Gasteiger partial charge is 0.350 e. The maximum Gasteiger partial charge on any atom is 0.241 e. The zero-order valence-electron chi connectivity index (χ0n) is 14.3. The van der Waals surface area contributed by atoms with Crippen molar-refractivity contribution in [1.82, 2.24) is 29.5 Å². The standard InChI is InChI=1S/C18H18N8/c1-18(19)7-12(8-18)24-17-23-10-15-13(2-5-26(15)25-17)11-6-14-16(22-9-11)21-4-3-20-14/h2-6,9-10,12H,7-8,19H2,1H3,(H,24,25). The van der Waals surface area contributed by atoms with Gasteiger partial charge in [-0.05, 0) is 31.9 Å². The van der Waals surface area contributed by atoms with Crippen molar-refractivity contribution in [3.8, 4) is 11.1 Å². The number of hydrogen-bond acceptors (Lipinski definition) is 7. The summed E-state index contributed by atoms with van der Waals surface area (Å²) < 4.78 is 1.83. The summed E-state index contributed by atoms with van der Waals surface area (Å²) in [4.78, 5) is 17.4. The minimum atomic E-state index is -0.0750. The number of nitrogens with zero attached hydrogens (tertiary/aromatic N) is 6. The Hall–Kier alpha value is -3.13. The maximum atomic E-state index is 6.06. The summed E-state index contributed by atoms with van der Waals surface area (Å²) >= 11 is 0. The van der Waals surface area contributed by atoms with Crippen molar-refractivity contribution in [2.75, 3.05) is 5.32 Å². The first-order valence-corrected chi connectivity index (χ1v) is 8.54. The van der Waals surface area contributed by atoms with Crippen molar-refractivity contribution in [3.05, 3.63) is 43.1 Å². The Balaban J connectivity index is 1.47. The van der Waals surface area contributed by atoms with Crippen molar-refractivity contribution in [2.45, 2.75) is 31.3 Å². The van der Waals surface area contributed by atoms with Crippen LogP contribution in [0.3, 0.4) is 0 Å². The average Bonchev–Trinajstić information content (AvgIpc) is 3.03. The van der Waals surface area contributed by atoms with Crippen LogP contribution in [0.15, 0.2) is 43.1 Å². The van der Waals surface area contributed by atoms with Crippen LogP contribution in [0.5, 0.6) is 0 Å². The van der Waals surface area contributed by atoms with Gasteiger partial charge in [0, 0.05) is 47.5 Å². The first-order valence-electron chi connectivity index (χ1n) is 8.54. The van der Waals surface area contributed by atoms with Gasteiger partial charge in [0.2, 0.25) is 5.95 Å². The third-order valence-electron chi connectivity index (χ3n) is 4.81. The molecular formula is C18H18N8. The number of aromatic nitrogens is 6. The highest BCUT2D eigenvalue weighted by molar-refractivity contribution is 5.84. The fourth-order valence-corrected chi connectivity index (χ4v) is 3.57. The number of pyridine rings is 1. The zero-order valence-corrected chi connectivity index (χ0v) is 14.3. The van der Waals surface area contributed by atoms with Crippen molar-refractivity contribution in [2.24, 2.45) is 5.73 Å². The lowest BCUT2D eigenvalue weighted by molar-refractivity contribution is 0.247. The number of nitrogens with one attached hydrogen (secondary N) is 1. The first-order chi connectivity index (χ1) is 12.6. The molecule has 4 aromatic rings. The minimum Gasteiger partial charge on any atom is -0.350 e. The van der Waals surface area contributed by atoms with E-state index in [4.69, 9.17) is 5.73 Å². The molecule has 0 unspecified atom stereocenters. The SMILES string of the molecule is CC1(N)CC(Nc2ncc3c(-c4cnc5nccnc5c4)ccn3n2)C1. The van der Waals surface area contributed by atoms with Crippen LogP contribution in [-0.4, -0.2) is 41.1 Å². The van der Waals surface area contributed by atoms with E-state index in [2.05, 4.69) is 37.3 Å². The normalized spacial score (nSPS) is 22.5. The topological polar surface area (TPSA) is 107 Å². The summed E-state index contributed by atoms with van der Waals surface area (Å²) in [5.41, 5.74) is 10.3. The van der Waals surface area contributed by atoms with Crippen LogP contribution in [0.2, 0.25) is 0 Å². The Morgan fingerprint density at radius 1 is 1.15 bits per heavy atom. The molecule has 1 fully saturated rings. The van der Waals surface area contributed by atoms with Gasteiger partial charge in [0.05, 0.1) is 11.7 Å². The molecule has 5 rings (SSSR count). The molecule has 0 aliphatic heterocycles. The molecule has 0 bridgehead atoms. The lowest BCUT2D eigenvalue weighted by atomic mass is 9.75. The predicted molar refractivity (Wildman–Crippen MR) is 98.6 cm³/mol. The lowest BCUT2D eigenvalue weighted by Gasteiger charge is -2.42. The molecule has 0 amide bonds. The van der Waals surface area contributed by atoms with Crippen LogP contribution in [0.4, 0.5) is 5.95 Å². The van der Waals surface area contributed by atoms with Gasteiger partial charge in [-0.1, -0.05) is 0 Å². The highest BCUT2D eigenvalue weighted by Gasteiger charge is 2.37. The number of hydrogen-bond donors (Lipinski definition) is 2. The van der Waals surface area contributed by atoms with Gasteiger partial charge < -0.3 is 11.1 Å². The first kappa shape index (κ1) is 15.2. The second-order valence-corrected chi connectivity index (χ2v) is 7.17. The maximum absolute atomic E-state index is 6.06. The van der Waals surface area contributed by atoms with E-state index in [0.717, 1.165) is 35.0 Å². The third kappa shape index (κ3) is 2.55. The fraction of sp³-hybridized carbons (Fsp3) is 0.278. The van der Waals surface area contributed by atoms with E-state index in [-0.39, 0.29) is 5.54 Å². The molecule has 8 heteroatoms. The molecule has 26 heavy (non-hydrogen) atoms. The molecule has 8 nitrogen and oxygen atoms in total. The van der Waals surface area contributed by atoms with E-state index in [1.54, 1.807) is 18.6 Å². The van der Waals surface area contributed by atoms with Crippen LogP contribution in [-0.2, 0) is 0 Å². The molecule has 130 valence electrons. The lowest BCUT2D eigenvalue weighted by Crippen LogP contribution is -2.54. The molecule has 4 aromatic heterocycles. The van der Waals surface area contributed by atoms with Gasteiger partial charge >= 0.3 is 0 Å². The zero-order chi connectivity index (χ0) is 17.7. The fourth-order valence-electron chi connectivity index (χ4n) is 3.57. The van der Waals surface area contributed by atoms with Gasteiger partial charge in [-0.3, -0.25) is 4.98 Å². The van der Waals surface area contributed by atoms with Crippen molar-refractivity contribution < 1.29 is 0 Å². The summed E-state index contributed by atoms with van der Waals surface area (Å²) in [6.45, 7) is 2.06. The monoisotopic (exact) mass is 346 g/mol. The Morgan fingerprint density at radius 2 is 2.00 bits per heavy atom. The van der Waals surface area contributed by atoms with Crippen LogP contribution in [0, 0.1) is 0 Å².